The number of hydrogen-bond acceptors (Lipinski definition) is 3. The van der Waals surface area contributed by atoms with Crippen LogP contribution in [0.4, 0.5) is 10.5 Å². The molecule has 1 unspecified atom stereocenters. The first-order chi connectivity index (χ1) is 8.99. The Kier molecular flexibility index (Phi) is 6.11. The van der Waals surface area contributed by atoms with Crippen LogP contribution in [-0.2, 0) is 9.53 Å². The van der Waals surface area contributed by atoms with E-state index in [1.54, 1.807) is 24.3 Å². The lowest BCUT2D eigenvalue weighted by atomic mass is 10.3. The minimum atomic E-state index is -1.04. The van der Waals surface area contributed by atoms with E-state index in [4.69, 9.17) is 21.4 Å². The van der Waals surface area contributed by atoms with Crippen molar-refractivity contribution in [3.63, 3.8) is 0 Å². The molecule has 1 rings (SSSR count). The minimum absolute atomic E-state index is 0.126. The van der Waals surface area contributed by atoms with Crippen LogP contribution < -0.4 is 10.6 Å². The summed E-state index contributed by atoms with van der Waals surface area (Å²) in [6, 6.07) is 6.27. The molecule has 0 aromatic heterocycles. The molecular formula is C12H15ClN2O4. The van der Waals surface area contributed by atoms with E-state index in [9.17, 15) is 9.59 Å². The Morgan fingerprint density at radius 2 is 2.00 bits per heavy atom. The van der Waals surface area contributed by atoms with E-state index >= 15 is 0 Å². The molecule has 0 spiro atoms. The number of urea groups is 1. The van der Waals surface area contributed by atoms with Gasteiger partial charge in [-0.2, -0.15) is 0 Å². The number of halogens is 1. The Hall–Kier alpha value is -1.79. The predicted molar refractivity (Wildman–Crippen MR) is 71.5 cm³/mol. The molecule has 0 aliphatic rings. The first-order valence-corrected chi connectivity index (χ1v) is 6.01. The monoisotopic (exact) mass is 286 g/mol. The van der Waals surface area contributed by atoms with E-state index in [2.05, 4.69) is 10.6 Å². The Labute approximate surface area is 115 Å². The summed E-state index contributed by atoms with van der Waals surface area (Å²) in [5, 5.41) is 14.3. The standard InChI is InChI=1S/C12H15ClN2O4/c1-8(11(16)17)19-7-6-14-12(18)15-10-4-2-9(13)3-5-10/h2-5,8H,6-7H2,1H3,(H,16,17)(H2,14,15,18). The van der Waals surface area contributed by atoms with Crippen molar-refractivity contribution >= 4 is 29.3 Å². The van der Waals surface area contributed by atoms with E-state index in [0.29, 0.717) is 10.7 Å². The largest absolute Gasteiger partial charge is 0.479 e. The summed E-state index contributed by atoms with van der Waals surface area (Å²) in [6.45, 7) is 1.77. The lowest BCUT2D eigenvalue weighted by Crippen LogP contribution is -2.33. The normalized spacial score (nSPS) is 11.7. The van der Waals surface area contributed by atoms with Gasteiger partial charge < -0.3 is 20.5 Å². The first kappa shape index (κ1) is 15.3. The van der Waals surface area contributed by atoms with Gasteiger partial charge in [0.15, 0.2) is 6.10 Å². The lowest BCUT2D eigenvalue weighted by Gasteiger charge is -2.10. The van der Waals surface area contributed by atoms with Crippen LogP contribution in [0.25, 0.3) is 0 Å². The Morgan fingerprint density at radius 3 is 2.58 bits per heavy atom. The smallest absolute Gasteiger partial charge is 0.332 e. The molecule has 0 radical (unpaired) electrons. The Bertz CT molecular complexity index is 436. The predicted octanol–water partition coefficient (Wildman–Crippen LogP) is 1.95. The van der Waals surface area contributed by atoms with E-state index in [1.165, 1.54) is 6.92 Å². The van der Waals surface area contributed by atoms with Crippen molar-refractivity contribution in [1.82, 2.24) is 5.32 Å². The molecule has 0 fully saturated rings. The molecule has 0 bridgehead atoms. The fourth-order valence-corrected chi connectivity index (χ4v) is 1.31. The third kappa shape index (κ3) is 6.08. The summed E-state index contributed by atoms with van der Waals surface area (Å²) in [5.41, 5.74) is 0.613. The topological polar surface area (TPSA) is 87.7 Å². The number of benzene rings is 1. The van der Waals surface area contributed by atoms with Gasteiger partial charge in [-0.15, -0.1) is 0 Å². The van der Waals surface area contributed by atoms with Gasteiger partial charge in [-0.3, -0.25) is 0 Å². The molecule has 0 saturated heterocycles. The van der Waals surface area contributed by atoms with Crippen LogP contribution in [0.2, 0.25) is 5.02 Å². The molecule has 0 heterocycles. The van der Waals surface area contributed by atoms with Gasteiger partial charge in [0.25, 0.3) is 0 Å². The van der Waals surface area contributed by atoms with Gasteiger partial charge in [0, 0.05) is 17.3 Å². The van der Waals surface area contributed by atoms with Crippen LogP contribution in [-0.4, -0.2) is 36.4 Å². The van der Waals surface area contributed by atoms with Crippen molar-refractivity contribution in [3.05, 3.63) is 29.3 Å². The number of rotatable bonds is 6. The second-order valence-electron chi connectivity index (χ2n) is 3.74. The molecular weight excluding hydrogens is 272 g/mol. The zero-order valence-corrected chi connectivity index (χ0v) is 11.1. The second-order valence-corrected chi connectivity index (χ2v) is 4.18. The number of ether oxygens (including phenoxy) is 1. The van der Waals surface area contributed by atoms with E-state index in [-0.39, 0.29) is 13.2 Å². The van der Waals surface area contributed by atoms with Crippen molar-refractivity contribution in [2.75, 3.05) is 18.5 Å². The highest BCUT2D eigenvalue weighted by Crippen LogP contribution is 2.12. The van der Waals surface area contributed by atoms with Gasteiger partial charge >= 0.3 is 12.0 Å². The van der Waals surface area contributed by atoms with Gasteiger partial charge in [-0.1, -0.05) is 11.6 Å². The van der Waals surface area contributed by atoms with Gasteiger partial charge in [0.1, 0.15) is 0 Å². The molecule has 3 N–H and O–H groups in total. The fourth-order valence-electron chi connectivity index (χ4n) is 1.18. The summed E-state index contributed by atoms with van der Waals surface area (Å²) < 4.78 is 4.96. The zero-order valence-electron chi connectivity index (χ0n) is 10.4. The zero-order chi connectivity index (χ0) is 14.3. The minimum Gasteiger partial charge on any atom is -0.479 e. The quantitative estimate of drug-likeness (QED) is 0.698. The van der Waals surface area contributed by atoms with Crippen LogP contribution in [0.1, 0.15) is 6.92 Å². The van der Waals surface area contributed by atoms with Gasteiger partial charge in [0.05, 0.1) is 6.61 Å². The molecule has 0 saturated carbocycles. The molecule has 1 aromatic carbocycles. The molecule has 1 atom stereocenters. The van der Waals surface area contributed by atoms with Gasteiger partial charge in [-0.05, 0) is 31.2 Å². The molecule has 1 aromatic rings. The van der Waals surface area contributed by atoms with Crippen molar-refractivity contribution < 1.29 is 19.4 Å². The molecule has 0 aliphatic carbocycles. The number of hydrogen-bond donors (Lipinski definition) is 3. The van der Waals surface area contributed by atoms with Crippen LogP contribution in [0.3, 0.4) is 0 Å². The highest BCUT2D eigenvalue weighted by atomic mass is 35.5. The van der Waals surface area contributed by atoms with Crippen molar-refractivity contribution in [2.24, 2.45) is 0 Å². The van der Waals surface area contributed by atoms with Crippen molar-refractivity contribution in [3.8, 4) is 0 Å². The average molecular weight is 287 g/mol. The maximum Gasteiger partial charge on any atom is 0.332 e. The summed E-state index contributed by atoms with van der Waals surface area (Å²) in [4.78, 5) is 21.9. The third-order valence-electron chi connectivity index (χ3n) is 2.21. The summed E-state index contributed by atoms with van der Waals surface area (Å²) in [7, 11) is 0. The Balaban J connectivity index is 2.21. The van der Waals surface area contributed by atoms with Crippen molar-refractivity contribution in [1.29, 1.82) is 0 Å². The lowest BCUT2D eigenvalue weighted by molar-refractivity contribution is -0.148. The van der Waals surface area contributed by atoms with Gasteiger partial charge in [-0.25, -0.2) is 9.59 Å². The molecule has 104 valence electrons. The molecule has 0 aliphatic heterocycles. The number of aliphatic carboxylic acids is 1. The van der Waals surface area contributed by atoms with E-state index < -0.39 is 18.1 Å². The first-order valence-electron chi connectivity index (χ1n) is 5.64. The van der Waals surface area contributed by atoms with Crippen LogP contribution in [0, 0.1) is 0 Å². The number of carboxylic acids is 1. The molecule has 7 heteroatoms. The number of amides is 2. The summed E-state index contributed by atoms with van der Waals surface area (Å²) >= 11 is 5.71. The highest BCUT2D eigenvalue weighted by molar-refractivity contribution is 6.30. The average Bonchev–Trinajstić information content (AvgIpc) is 2.37. The van der Waals surface area contributed by atoms with Crippen LogP contribution >= 0.6 is 11.6 Å². The maximum absolute atomic E-state index is 11.4. The van der Waals surface area contributed by atoms with Crippen LogP contribution in [0.15, 0.2) is 24.3 Å². The highest BCUT2D eigenvalue weighted by Gasteiger charge is 2.10. The number of anilines is 1. The Morgan fingerprint density at radius 1 is 1.37 bits per heavy atom. The SMILES string of the molecule is CC(OCCNC(=O)Nc1ccc(Cl)cc1)C(=O)O. The molecule has 2 amide bonds. The molecule has 6 nitrogen and oxygen atoms in total. The number of carbonyl (C=O) groups excluding carboxylic acids is 1. The summed E-state index contributed by atoms with van der Waals surface area (Å²) in [6.07, 6.45) is -0.888. The maximum atomic E-state index is 11.4. The third-order valence-corrected chi connectivity index (χ3v) is 2.46. The number of carbonyl (C=O) groups is 2. The fraction of sp³-hybridized carbons (Fsp3) is 0.333. The van der Waals surface area contributed by atoms with E-state index in [0.717, 1.165) is 0 Å². The number of nitrogens with one attached hydrogen (secondary N) is 2. The summed E-state index contributed by atoms with van der Waals surface area (Å²) in [5.74, 6) is -1.04. The van der Waals surface area contributed by atoms with Gasteiger partial charge in [0.2, 0.25) is 0 Å². The van der Waals surface area contributed by atoms with Crippen molar-refractivity contribution in [2.45, 2.75) is 13.0 Å². The number of carboxylic acid groups (broad SMARTS) is 1. The van der Waals surface area contributed by atoms with Crippen LogP contribution in [0.5, 0.6) is 0 Å². The molecule has 19 heavy (non-hydrogen) atoms. The van der Waals surface area contributed by atoms with E-state index in [1.807, 2.05) is 0 Å². The second kappa shape index (κ2) is 7.60.